The van der Waals surface area contributed by atoms with E-state index in [1.165, 1.54) is 0 Å². The second-order valence-electron chi connectivity index (χ2n) is 3.84. The van der Waals surface area contributed by atoms with Gasteiger partial charge in [0.2, 0.25) is 0 Å². The van der Waals surface area contributed by atoms with E-state index in [1.54, 1.807) is 17.8 Å². The number of ether oxygens (including phenoxy) is 1. The van der Waals surface area contributed by atoms with Crippen molar-refractivity contribution in [1.82, 2.24) is 14.9 Å². The highest BCUT2D eigenvalue weighted by molar-refractivity contribution is 7.99. The van der Waals surface area contributed by atoms with Gasteiger partial charge in [0.25, 0.3) is 0 Å². The van der Waals surface area contributed by atoms with Crippen LogP contribution in [0.3, 0.4) is 0 Å². The summed E-state index contributed by atoms with van der Waals surface area (Å²) in [4.78, 5) is 10.7. The Morgan fingerprint density at radius 2 is 2.18 bits per heavy atom. The molecule has 1 rings (SSSR count). The zero-order chi connectivity index (χ0) is 12.7. The van der Waals surface area contributed by atoms with E-state index in [2.05, 4.69) is 29.0 Å². The Kier molecular flexibility index (Phi) is 6.25. The molecule has 96 valence electrons. The second-order valence-corrected chi connectivity index (χ2v) is 4.95. The number of nitrogens with two attached hydrogens (primary N) is 1. The van der Waals surface area contributed by atoms with Crippen LogP contribution in [0.25, 0.3) is 0 Å². The second kappa shape index (κ2) is 7.47. The Morgan fingerprint density at radius 3 is 2.82 bits per heavy atom. The summed E-state index contributed by atoms with van der Waals surface area (Å²) in [7, 11) is 4.10. The molecule has 0 aliphatic carbocycles. The Hall–Kier alpha value is -0.850. The summed E-state index contributed by atoms with van der Waals surface area (Å²) < 4.78 is 5.27. The molecule has 0 saturated carbocycles. The van der Waals surface area contributed by atoms with Gasteiger partial charge in [-0.2, -0.15) is 0 Å². The predicted octanol–water partition coefficient (Wildman–Crippen LogP) is 1.25. The van der Waals surface area contributed by atoms with Crippen LogP contribution in [0, 0.1) is 0 Å². The molecule has 5 nitrogen and oxygen atoms in total. The van der Waals surface area contributed by atoms with Gasteiger partial charge in [-0.3, -0.25) is 0 Å². The van der Waals surface area contributed by atoms with E-state index in [1.807, 2.05) is 6.92 Å². The van der Waals surface area contributed by atoms with Gasteiger partial charge in [0.1, 0.15) is 17.5 Å². The fourth-order valence-electron chi connectivity index (χ4n) is 1.16. The number of thioether (sulfide) groups is 1. The third-order valence-electron chi connectivity index (χ3n) is 1.99. The number of nitrogen functional groups attached to an aromatic ring is 1. The van der Waals surface area contributed by atoms with E-state index in [-0.39, 0.29) is 0 Å². The Labute approximate surface area is 107 Å². The minimum Gasteiger partial charge on any atom is -0.384 e. The van der Waals surface area contributed by atoms with Crippen molar-refractivity contribution in [1.29, 1.82) is 0 Å². The lowest BCUT2D eigenvalue weighted by molar-refractivity contribution is 0.128. The number of anilines is 1. The van der Waals surface area contributed by atoms with Crippen LogP contribution < -0.4 is 5.73 Å². The van der Waals surface area contributed by atoms with Crippen LogP contribution in [0.4, 0.5) is 5.82 Å². The highest BCUT2D eigenvalue weighted by Crippen LogP contribution is 2.17. The standard InChI is InChI=1S/C11H20N4OS/c1-4-16-8-10-13-9(12)7-11(14-10)17-6-5-15(2)3/h7H,4-6,8H2,1-3H3,(H2,12,13,14). The van der Waals surface area contributed by atoms with E-state index < -0.39 is 0 Å². The molecular weight excluding hydrogens is 236 g/mol. The molecule has 6 heteroatoms. The lowest BCUT2D eigenvalue weighted by atomic mass is 10.5. The van der Waals surface area contributed by atoms with E-state index in [4.69, 9.17) is 10.5 Å². The van der Waals surface area contributed by atoms with Crippen LogP contribution in [-0.2, 0) is 11.3 Å². The molecule has 0 amide bonds. The van der Waals surface area contributed by atoms with Gasteiger partial charge < -0.3 is 15.4 Å². The van der Waals surface area contributed by atoms with E-state index >= 15 is 0 Å². The molecule has 0 aliphatic heterocycles. The number of rotatable bonds is 7. The molecule has 0 aliphatic rings. The van der Waals surface area contributed by atoms with Crippen molar-refractivity contribution in [2.24, 2.45) is 0 Å². The summed E-state index contributed by atoms with van der Waals surface area (Å²) in [5.74, 6) is 2.14. The molecule has 1 aromatic heterocycles. The van der Waals surface area contributed by atoms with Gasteiger partial charge in [0, 0.05) is 25.0 Å². The predicted molar refractivity (Wildman–Crippen MR) is 71.1 cm³/mol. The maximum Gasteiger partial charge on any atom is 0.157 e. The van der Waals surface area contributed by atoms with Crippen LogP contribution in [0.2, 0.25) is 0 Å². The summed E-state index contributed by atoms with van der Waals surface area (Å²) in [5, 5.41) is 0.911. The molecule has 0 aromatic carbocycles. The first-order valence-corrected chi connectivity index (χ1v) is 6.59. The highest BCUT2D eigenvalue weighted by Gasteiger charge is 2.03. The summed E-state index contributed by atoms with van der Waals surface area (Å²) in [6.07, 6.45) is 0. The number of aromatic nitrogens is 2. The number of nitrogens with zero attached hydrogens (tertiary/aromatic N) is 3. The summed E-state index contributed by atoms with van der Waals surface area (Å²) in [6.45, 7) is 4.03. The van der Waals surface area contributed by atoms with Gasteiger partial charge in [-0.1, -0.05) is 0 Å². The molecular formula is C11H20N4OS. The lowest BCUT2D eigenvalue weighted by Gasteiger charge is -2.09. The Bertz CT molecular complexity index is 346. The molecule has 2 N–H and O–H groups in total. The van der Waals surface area contributed by atoms with E-state index in [0.717, 1.165) is 17.3 Å². The average molecular weight is 256 g/mol. The van der Waals surface area contributed by atoms with Crippen molar-refractivity contribution in [2.45, 2.75) is 18.6 Å². The summed E-state index contributed by atoms with van der Waals surface area (Å²) >= 11 is 1.68. The first-order chi connectivity index (χ1) is 8.11. The Balaban J connectivity index is 2.55. The highest BCUT2D eigenvalue weighted by atomic mass is 32.2. The van der Waals surface area contributed by atoms with Crippen LogP contribution in [0.5, 0.6) is 0 Å². The first-order valence-electron chi connectivity index (χ1n) is 5.60. The molecule has 1 heterocycles. The molecule has 17 heavy (non-hydrogen) atoms. The van der Waals surface area contributed by atoms with Crippen molar-refractivity contribution in [3.05, 3.63) is 11.9 Å². The zero-order valence-corrected chi connectivity index (χ0v) is 11.5. The third-order valence-corrected chi connectivity index (χ3v) is 2.88. The zero-order valence-electron chi connectivity index (χ0n) is 10.6. The molecule has 0 bridgehead atoms. The van der Waals surface area contributed by atoms with Crippen molar-refractivity contribution in [3.8, 4) is 0 Å². The summed E-state index contributed by atoms with van der Waals surface area (Å²) in [6, 6.07) is 1.80. The molecule has 0 saturated heterocycles. The normalized spacial score (nSPS) is 11.1. The SMILES string of the molecule is CCOCc1nc(N)cc(SCCN(C)C)n1. The smallest absolute Gasteiger partial charge is 0.157 e. The fourth-order valence-corrected chi connectivity index (χ4v) is 2.20. The molecule has 0 unspecified atom stereocenters. The monoisotopic (exact) mass is 256 g/mol. The Morgan fingerprint density at radius 1 is 1.41 bits per heavy atom. The van der Waals surface area contributed by atoms with Crippen molar-refractivity contribution in [2.75, 3.05) is 38.7 Å². The largest absolute Gasteiger partial charge is 0.384 e. The van der Waals surface area contributed by atoms with Crippen LogP contribution in [0.1, 0.15) is 12.7 Å². The van der Waals surface area contributed by atoms with Gasteiger partial charge >= 0.3 is 0 Å². The third kappa shape index (κ3) is 5.86. The quantitative estimate of drug-likeness (QED) is 0.585. The number of hydrogen-bond donors (Lipinski definition) is 1. The first kappa shape index (κ1) is 14.2. The topological polar surface area (TPSA) is 64.3 Å². The number of hydrogen-bond acceptors (Lipinski definition) is 6. The van der Waals surface area contributed by atoms with E-state index in [0.29, 0.717) is 24.9 Å². The van der Waals surface area contributed by atoms with Gasteiger partial charge in [-0.05, 0) is 21.0 Å². The minimum atomic E-state index is 0.419. The van der Waals surface area contributed by atoms with Crippen LogP contribution in [0.15, 0.2) is 11.1 Å². The van der Waals surface area contributed by atoms with Crippen LogP contribution in [-0.4, -0.2) is 47.9 Å². The molecule has 0 fully saturated rings. The molecule has 1 aromatic rings. The molecule has 0 radical (unpaired) electrons. The average Bonchev–Trinajstić information content (AvgIpc) is 2.25. The minimum absolute atomic E-state index is 0.419. The van der Waals surface area contributed by atoms with E-state index in [9.17, 15) is 0 Å². The maximum atomic E-state index is 5.73. The summed E-state index contributed by atoms with van der Waals surface area (Å²) in [5.41, 5.74) is 5.73. The maximum absolute atomic E-state index is 5.73. The molecule has 0 atom stereocenters. The van der Waals surface area contributed by atoms with Gasteiger partial charge in [0.05, 0.1) is 0 Å². The van der Waals surface area contributed by atoms with Gasteiger partial charge in [0.15, 0.2) is 5.82 Å². The van der Waals surface area contributed by atoms with Crippen molar-refractivity contribution < 1.29 is 4.74 Å². The van der Waals surface area contributed by atoms with Gasteiger partial charge in [-0.25, -0.2) is 9.97 Å². The van der Waals surface area contributed by atoms with Crippen molar-refractivity contribution in [3.63, 3.8) is 0 Å². The fraction of sp³-hybridized carbons (Fsp3) is 0.636. The van der Waals surface area contributed by atoms with Crippen molar-refractivity contribution >= 4 is 17.6 Å². The molecule has 0 spiro atoms. The van der Waals surface area contributed by atoms with Gasteiger partial charge in [-0.15, -0.1) is 11.8 Å². The van der Waals surface area contributed by atoms with Crippen LogP contribution >= 0.6 is 11.8 Å². The lowest BCUT2D eigenvalue weighted by Crippen LogP contribution is -2.15.